The standard InChI is InChI=1S/C13H16N4O2/c14-11-4-2-1-3-10(11)9-12-15-13(16-19-12)17-5-7-18-8-6-17/h1-4H,5-9,14H2. The number of nitrogens with two attached hydrogens (primary N) is 1. The molecule has 0 atom stereocenters. The number of rotatable bonds is 3. The van der Waals surface area contributed by atoms with Gasteiger partial charge in [-0.1, -0.05) is 18.2 Å². The summed E-state index contributed by atoms with van der Waals surface area (Å²) in [6, 6.07) is 7.69. The third kappa shape index (κ3) is 2.68. The summed E-state index contributed by atoms with van der Waals surface area (Å²) in [7, 11) is 0. The van der Waals surface area contributed by atoms with E-state index >= 15 is 0 Å². The number of para-hydroxylation sites is 1. The molecule has 1 saturated heterocycles. The Balaban J connectivity index is 1.73. The number of benzene rings is 1. The van der Waals surface area contributed by atoms with Gasteiger partial charge in [-0.2, -0.15) is 4.98 Å². The van der Waals surface area contributed by atoms with Gasteiger partial charge in [-0.25, -0.2) is 0 Å². The van der Waals surface area contributed by atoms with Gasteiger partial charge in [0.05, 0.1) is 19.6 Å². The van der Waals surface area contributed by atoms with Gasteiger partial charge in [0.25, 0.3) is 5.95 Å². The van der Waals surface area contributed by atoms with Crippen molar-refractivity contribution in [3.05, 3.63) is 35.7 Å². The van der Waals surface area contributed by atoms with E-state index in [1.807, 2.05) is 24.3 Å². The summed E-state index contributed by atoms with van der Waals surface area (Å²) in [5, 5.41) is 4.01. The Morgan fingerprint density at radius 2 is 2.00 bits per heavy atom. The van der Waals surface area contributed by atoms with Crippen LogP contribution in [-0.2, 0) is 11.2 Å². The minimum absolute atomic E-state index is 0.560. The number of morpholine rings is 1. The maximum atomic E-state index is 5.90. The molecule has 1 fully saturated rings. The second-order valence-electron chi connectivity index (χ2n) is 4.46. The minimum atomic E-state index is 0.560. The van der Waals surface area contributed by atoms with E-state index < -0.39 is 0 Å². The number of hydrogen-bond acceptors (Lipinski definition) is 6. The van der Waals surface area contributed by atoms with Crippen LogP contribution < -0.4 is 10.6 Å². The average molecular weight is 260 g/mol. The number of anilines is 2. The van der Waals surface area contributed by atoms with Crippen LogP contribution in [0.4, 0.5) is 11.6 Å². The van der Waals surface area contributed by atoms with Crippen LogP contribution in [0.2, 0.25) is 0 Å². The lowest BCUT2D eigenvalue weighted by Gasteiger charge is -2.24. The third-order valence-corrected chi connectivity index (χ3v) is 3.15. The van der Waals surface area contributed by atoms with Gasteiger partial charge in [0.2, 0.25) is 5.89 Å². The number of aromatic nitrogens is 2. The normalized spacial score (nSPS) is 15.7. The highest BCUT2D eigenvalue weighted by atomic mass is 16.5. The van der Waals surface area contributed by atoms with Crippen LogP contribution in [0.3, 0.4) is 0 Å². The molecule has 19 heavy (non-hydrogen) atoms. The van der Waals surface area contributed by atoms with Gasteiger partial charge in [-0.15, -0.1) is 0 Å². The van der Waals surface area contributed by atoms with Crippen LogP contribution in [0.25, 0.3) is 0 Å². The molecule has 1 aliphatic heterocycles. The van der Waals surface area contributed by atoms with Crippen LogP contribution >= 0.6 is 0 Å². The predicted octanol–water partition coefficient (Wildman–Crippen LogP) is 1.08. The zero-order valence-corrected chi connectivity index (χ0v) is 10.6. The van der Waals surface area contributed by atoms with Crippen LogP contribution in [0.15, 0.2) is 28.8 Å². The molecular formula is C13H16N4O2. The van der Waals surface area contributed by atoms with Gasteiger partial charge < -0.3 is 19.9 Å². The number of hydrogen-bond donors (Lipinski definition) is 1. The molecule has 2 aromatic rings. The van der Waals surface area contributed by atoms with E-state index in [0.29, 0.717) is 31.5 Å². The lowest BCUT2D eigenvalue weighted by Crippen LogP contribution is -2.36. The maximum absolute atomic E-state index is 5.90. The lowest BCUT2D eigenvalue weighted by molar-refractivity contribution is 0.121. The summed E-state index contributed by atoms with van der Waals surface area (Å²) in [5.41, 5.74) is 7.64. The lowest BCUT2D eigenvalue weighted by atomic mass is 10.1. The van der Waals surface area contributed by atoms with Gasteiger partial charge in [0.1, 0.15) is 0 Å². The molecule has 6 heteroatoms. The molecule has 0 spiro atoms. The molecule has 1 aliphatic rings. The summed E-state index contributed by atoms with van der Waals surface area (Å²) in [6.07, 6.45) is 0.560. The van der Waals surface area contributed by atoms with Crippen molar-refractivity contribution in [2.75, 3.05) is 36.9 Å². The molecule has 100 valence electrons. The molecule has 3 rings (SSSR count). The van der Waals surface area contributed by atoms with Crippen molar-refractivity contribution in [3.63, 3.8) is 0 Å². The van der Waals surface area contributed by atoms with Crippen molar-refractivity contribution in [3.8, 4) is 0 Å². The molecule has 0 radical (unpaired) electrons. The van der Waals surface area contributed by atoms with Crippen LogP contribution in [0.5, 0.6) is 0 Å². The van der Waals surface area contributed by atoms with Crippen molar-refractivity contribution >= 4 is 11.6 Å². The first-order valence-corrected chi connectivity index (χ1v) is 6.31. The predicted molar refractivity (Wildman–Crippen MR) is 71.0 cm³/mol. The molecule has 0 amide bonds. The van der Waals surface area contributed by atoms with E-state index in [0.717, 1.165) is 24.3 Å². The molecule has 0 aliphatic carbocycles. The van der Waals surface area contributed by atoms with E-state index in [1.54, 1.807) is 0 Å². The maximum Gasteiger partial charge on any atom is 0.266 e. The van der Waals surface area contributed by atoms with Gasteiger partial charge in [0, 0.05) is 18.8 Å². The molecular weight excluding hydrogens is 244 g/mol. The molecule has 1 aromatic carbocycles. The summed E-state index contributed by atoms with van der Waals surface area (Å²) < 4.78 is 10.6. The monoisotopic (exact) mass is 260 g/mol. The summed E-state index contributed by atoms with van der Waals surface area (Å²) in [4.78, 5) is 6.47. The molecule has 1 aromatic heterocycles. The van der Waals surface area contributed by atoms with Crippen LogP contribution in [-0.4, -0.2) is 36.4 Å². The van der Waals surface area contributed by atoms with Crippen molar-refractivity contribution in [2.45, 2.75) is 6.42 Å². The molecule has 0 unspecified atom stereocenters. The highest BCUT2D eigenvalue weighted by molar-refractivity contribution is 5.47. The quantitative estimate of drug-likeness (QED) is 0.832. The SMILES string of the molecule is Nc1ccccc1Cc1nc(N2CCOCC2)no1. The molecule has 0 saturated carbocycles. The van der Waals surface area contributed by atoms with E-state index in [9.17, 15) is 0 Å². The molecule has 2 N–H and O–H groups in total. The van der Waals surface area contributed by atoms with Crippen molar-refractivity contribution < 1.29 is 9.26 Å². The van der Waals surface area contributed by atoms with E-state index in [-0.39, 0.29) is 0 Å². The largest absolute Gasteiger partial charge is 0.398 e. The van der Waals surface area contributed by atoms with E-state index in [2.05, 4.69) is 15.0 Å². The van der Waals surface area contributed by atoms with Crippen molar-refractivity contribution in [2.24, 2.45) is 0 Å². The topological polar surface area (TPSA) is 77.4 Å². The van der Waals surface area contributed by atoms with Gasteiger partial charge >= 0.3 is 0 Å². The number of nitrogen functional groups attached to an aromatic ring is 1. The van der Waals surface area contributed by atoms with Gasteiger partial charge in [0.15, 0.2) is 0 Å². The Morgan fingerprint density at radius 3 is 2.79 bits per heavy atom. The second kappa shape index (κ2) is 5.27. The fourth-order valence-corrected chi connectivity index (χ4v) is 2.07. The molecule has 0 bridgehead atoms. The molecule has 2 heterocycles. The van der Waals surface area contributed by atoms with Crippen molar-refractivity contribution in [1.29, 1.82) is 0 Å². The fraction of sp³-hybridized carbons (Fsp3) is 0.385. The number of nitrogens with zero attached hydrogens (tertiary/aromatic N) is 3. The van der Waals surface area contributed by atoms with E-state index in [1.165, 1.54) is 0 Å². The Bertz CT molecular complexity index is 549. The first kappa shape index (κ1) is 12.0. The van der Waals surface area contributed by atoms with Gasteiger partial charge in [-0.05, 0) is 16.8 Å². The fourth-order valence-electron chi connectivity index (χ4n) is 2.07. The highest BCUT2D eigenvalue weighted by Crippen LogP contribution is 2.17. The zero-order valence-electron chi connectivity index (χ0n) is 10.6. The smallest absolute Gasteiger partial charge is 0.266 e. The minimum Gasteiger partial charge on any atom is -0.398 e. The zero-order chi connectivity index (χ0) is 13.1. The van der Waals surface area contributed by atoms with Gasteiger partial charge in [-0.3, -0.25) is 0 Å². The Hall–Kier alpha value is -2.08. The Kier molecular flexibility index (Phi) is 3.33. The highest BCUT2D eigenvalue weighted by Gasteiger charge is 2.17. The van der Waals surface area contributed by atoms with Crippen LogP contribution in [0.1, 0.15) is 11.5 Å². The second-order valence-corrected chi connectivity index (χ2v) is 4.46. The molecule has 6 nitrogen and oxygen atoms in total. The Labute approximate surface area is 111 Å². The summed E-state index contributed by atoms with van der Waals surface area (Å²) in [5.74, 6) is 1.21. The third-order valence-electron chi connectivity index (χ3n) is 3.15. The summed E-state index contributed by atoms with van der Waals surface area (Å²) >= 11 is 0. The number of ether oxygens (including phenoxy) is 1. The van der Waals surface area contributed by atoms with Crippen molar-refractivity contribution in [1.82, 2.24) is 10.1 Å². The van der Waals surface area contributed by atoms with E-state index in [4.69, 9.17) is 15.0 Å². The average Bonchev–Trinajstić information content (AvgIpc) is 2.91. The van der Waals surface area contributed by atoms with Crippen LogP contribution in [0, 0.1) is 0 Å². The summed E-state index contributed by atoms with van der Waals surface area (Å²) in [6.45, 7) is 3.00. The first-order valence-electron chi connectivity index (χ1n) is 6.31. The Morgan fingerprint density at radius 1 is 1.21 bits per heavy atom. The first-order chi connectivity index (χ1) is 9.33.